The van der Waals surface area contributed by atoms with E-state index in [1.807, 2.05) is 11.8 Å². The molecular formula is C26H30N6O. The predicted octanol–water partition coefficient (Wildman–Crippen LogP) is 3.86. The van der Waals surface area contributed by atoms with E-state index in [2.05, 4.69) is 52.1 Å². The van der Waals surface area contributed by atoms with Crippen molar-refractivity contribution in [2.75, 3.05) is 24.5 Å². The summed E-state index contributed by atoms with van der Waals surface area (Å²) < 4.78 is 0. The van der Waals surface area contributed by atoms with Gasteiger partial charge in [-0.3, -0.25) is 9.78 Å². The highest BCUT2D eigenvalue weighted by Gasteiger charge is 2.34. The Morgan fingerprint density at radius 2 is 1.88 bits per heavy atom. The van der Waals surface area contributed by atoms with Crippen LogP contribution in [0.25, 0.3) is 0 Å². The topological polar surface area (TPSA) is 75.1 Å². The molecule has 0 bridgehead atoms. The number of hydrogen-bond donors (Lipinski definition) is 0. The molecule has 0 aliphatic carbocycles. The van der Waals surface area contributed by atoms with Gasteiger partial charge in [0.2, 0.25) is 0 Å². The minimum atomic E-state index is -0.123. The lowest BCUT2D eigenvalue weighted by Crippen LogP contribution is -2.35. The summed E-state index contributed by atoms with van der Waals surface area (Å²) in [5, 5.41) is 0. The Hall–Kier alpha value is -3.35. The van der Waals surface area contributed by atoms with Crippen LogP contribution in [0.3, 0.4) is 0 Å². The number of hydrogen-bond acceptors (Lipinski definition) is 6. The highest BCUT2D eigenvalue weighted by atomic mass is 16.2. The number of amides is 1. The van der Waals surface area contributed by atoms with Gasteiger partial charge in [-0.2, -0.15) is 0 Å². The maximum Gasteiger partial charge on any atom is 0.274 e. The molecular weight excluding hydrogens is 412 g/mol. The summed E-state index contributed by atoms with van der Waals surface area (Å²) in [6.45, 7) is 6.57. The minimum Gasteiger partial charge on any atom is -0.356 e. The molecule has 1 amide bonds. The number of nitrogens with zero attached hydrogens (tertiary/aromatic N) is 6. The maximum atomic E-state index is 13.2. The number of fused-ring (bicyclic) bond motifs is 1. The smallest absolute Gasteiger partial charge is 0.274 e. The Morgan fingerprint density at radius 3 is 2.67 bits per heavy atom. The summed E-state index contributed by atoms with van der Waals surface area (Å²) in [5.74, 6) is 1.71. The molecule has 5 rings (SSSR count). The molecule has 1 fully saturated rings. The molecule has 7 nitrogen and oxygen atoms in total. The van der Waals surface area contributed by atoms with E-state index in [-0.39, 0.29) is 11.9 Å². The first-order valence-electron chi connectivity index (χ1n) is 11.9. The Bertz CT molecular complexity index is 1130. The van der Waals surface area contributed by atoms with Gasteiger partial charge in [-0.25, -0.2) is 15.0 Å². The summed E-state index contributed by atoms with van der Waals surface area (Å²) in [4.78, 5) is 36.0. The van der Waals surface area contributed by atoms with Gasteiger partial charge in [0.15, 0.2) is 5.82 Å². The largest absolute Gasteiger partial charge is 0.356 e. The molecule has 2 aliphatic heterocycles. The number of carbonyl (C=O) groups is 1. The lowest BCUT2D eigenvalue weighted by atomic mass is 10.0. The molecule has 3 aromatic rings. The van der Waals surface area contributed by atoms with E-state index in [0.29, 0.717) is 12.2 Å². The van der Waals surface area contributed by atoms with Crippen molar-refractivity contribution in [2.45, 2.75) is 52.0 Å². The number of likely N-dealkylation sites (tertiary alicyclic amines) is 1. The van der Waals surface area contributed by atoms with E-state index in [0.717, 1.165) is 68.2 Å². The van der Waals surface area contributed by atoms with Gasteiger partial charge < -0.3 is 9.80 Å². The summed E-state index contributed by atoms with van der Waals surface area (Å²) in [6, 6.07) is 10.5. The van der Waals surface area contributed by atoms with E-state index < -0.39 is 0 Å². The molecule has 33 heavy (non-hydrogen) atoms. The van der Waals surface area contributed by atoms with Crippen LogP contribution in [0.4, 0.5) is 5.82 Å². The molecule has 0 N–H and O–H groups in total. The van der Waals surface area contributed by atoms with Crippen molar-refractivity contribution < 1.29 is 4.79 Å². The van der Waals surface area contributed by atoms with Crippen molar-refractivity contribution in [3.8, 4) is 0 Å². The van der Waals surface area contributed by atoms with Gasteiger partial charge in [-0.15, -0.1) is 0 Å². The van der Waals surface area contributed by atoms with Crippen molar-refractivity contribution in [1.82, 2.24) is 24.8 Å². The molecule has 1 saturated heterocycles. The van der Waals surface area contributed by atoms with Crippen LogP contribution < -0.4 is 4.90 Å². The Labute approximate surface area is 194 Å². The second kappa shape index (κ2) is 9.25. The number of carbonyl (C=O) groups excluding carboxylic acids is 1. The van der Waals surface area contributed by atoms with Crippen LogP contribution in [0.2, 0.25) is 0 Å². The monoisotopic (exact) mass is 442 g/mol. The van der Waals surface area contributed by atoms with Gasteiger partial charge in [0.1, 0.15) is 11.5 Å². The van der Waals surface area contributed by atoms with Crippen molar-refractivity contribution in [3.63, 3.8) is 0 Å². The normalized spacial score (nSPS) is 17.8. The van der Waals surface area contributed by atoms with Crippen LogP contribution in [0, 0.1) is 13.8 Å². The second-order valence-electron chi connectivity index (χ2n) is 9.00. The third kappa shape index (κ3) is 4.45. The first kappa shape index (κ1) is 21.5. The van der Waals surface area contributed by atoms with Gasteiger partial charge >= 0.3 is 0 Å². The van der Waals surface area contributed by atoms with Gasteiger partial charge in [-0.1, -0.05) is 30.3 Å². The molecule has 0 saturated carbocycles. The zero-order chi connectivity index (χ0) is 22.8. The van der Waals surface area contributed by atoms with Crippen LogP contribution in [0.15, 0.2) is 42.7 Å². The first-order chi connectivity index (χ1) is 16.1. The molecule has 4 heterocycles. The first-order valence-corrected chi connectivity index (χ1v) is 11.9. The quantitative estimate of drug-likeness (QED) is 0.597. The summed E-state index contributed by atoms with van der Waals surface area (Å²) in [7, 11) is 0. The molecule has 0 radical (unpaired) electrons. The van der Waals surface area contributed by atoms with E-state index in [1.54, 1.807) is 12.4 Å². The highest BCUT2D eigenvalue weighted by molar-refractivity contribution is 5.92. The third-order valence-electron chi connectivity index (χ3n) is 6.69. The lowest BCUT2D eigenvalue weighted by molar-refractivity contribution is 0.0723. The number of aryl methyl sites for hydroxylation is 2. The van der Waals surface area contributed by atoms with Crippen LogP contribution >= 0.6 is 0 Å². The second-order valence-corrected chi connectivity index (χ2v) is 9.00. The van der Waals surface area contributed by atoms with E-state index >= 15 is 0 Å². The van der Waals surface area contributed by atoms with Gasteiger partial charge in [-0.05, 0) is 51.5 Å². The zero-order valence-electron chi connectivity index (χ0n) is 19.4. The van der Waals surface area contributed by atoms with Crippen LogP contribution in [0.5, 0.6) is 0 Å². The zero-order valence-corrected chi connectivity index (χ0v) is 19.4. The van der Waals surface area contributed by atoms with Crippen LogP contribution in [0.1, 0.15) is 64.1 Å². The summed E-state index contributed by atoms with van der Waals surface area (Å²) in [5.41, 5.74) is 4.80. The average Bonchev–Trinajstić information content (AvgIpc) is 3.33. The molecule has 1 aromatic carbocycles. The summed E-state index contributed by atoms with van der Waals surface area (Å²) >= 11 is 0. The van der Waals surface area contributed by atoms with Crippen molar-refractivity contribution in [1.29, 1.82) is 0 Å². The van der Waals surface area contributed by atoms with Crippen molar-refractivity contribution in [2.24, 2.45) is 0 Å². The number of benzene rings is 1. The van der Waals surface area contributed by atoms with Crippen LogP contribution in [-0.4, -0.2) is 50.4 Å². The van der Waals surface area contributed by atoms with Crippen LogP contribution in [-0.2, 0) is 12.8 Å². The molecule has 1 unspecified atom stereocenters. The third-order valence-corrected chi connectivity index (χ3v) is 6.69. The maximum absolute atomic E-state index is 13.2. The fourth-order valence-electron chi connectivity index (χ4n) is 4.91. The molecule has 2 aromatic heterocycles. The van der Waals surface area contributed by atoms with Gasteiger partial charge in [0, 0.05) is 37.1 Å². The highest BCUT2D eigenvalue weighted by Crippen LogP contribution is 2.35. The molecule has 0 spiro atoms. The average molecular weight is 443 g/mol. The minimum absolute atomic E-state index is 0.0927. The summed E-state index contributed by atoms with van der Waals surface area (Å²) in [6.07, 6.45) is 8.12. The van der Waals surface area contributed by atoms with Crippen molar-refractivity contribution in [3.05, 3.63) is 76.8 Å². The Morgan fingerprint density at radius 1 is 1.03 bits per heavy atom. The lowest BCUT2D eigenvalue weighted by Gasteiger charge is -2.32. The number of anilines is 1. The Kier molecular flexibility index (Phi) is 6.03. The fourth-order valence-corrected chi connectivity index (χ4v) is 4.91. The molecule has 2 aliphatic rings. The number of aromatic nitrogens is 4. The van der Waals surface area contributed by atoms with E-state index in [4.69, 9.17) is 9.97 Å². The fraction of sp³-hybridized carbons (Fsp3) is 0.423. The van der Waals surface area contributed by atoms with Gasteiger partial charge in [0.05, 0.1) is 17.9 Å². The molecule has 7 heteroatoms. The molecule has 170 valence electrons. The van der Waals surface area contributed by atoms with E-state index in [1.165, 1.54) is 11.1 Å². The Balaban J connectivity index is 1.41. The van der Waals surface area contributed by atoms with Crippen molar-refractivity contribution >= 4 is 11.7 Å². The van der Waals surface area contributed by atoms with E-state index in [9.17, 15) is 4.79 Å². The SMILES string of the molecule is Cc1cnc(C(=O)N2CCCC2c2nc(C)c3c(n2)N(CCc2ccccc2)CCC3)cn1. The number of rotatable bonds is 5. The molecule has 1 atom stereocenters. The standard InChI is InChI=1S/C26H30N6O/c1-18-16-28-22(17-27-18)26(33)32-14-7-11-23(32)24-29-19(2)21-10-6-13-31(25(21)30-24)15-12-20-8-4-3-5-9-20/h3-5,8-9,16-17,23H,6-7,10-15H2,1-2H3. The van der Waals surface area contributed by atoms with Gasteiger partial charge in [0.25, 0.3) is 5.91 Å². The predicted molar refractivity (Wildman–Crippen MR) is 127 cm³/mol.